The molecule has 2 N–H and O–H groups in total. The lowest BCUT2D eigenvalue weighted by molar-refractivity contribution is -0.117. The van der Waals surface area contributed by atoms with Gasteiger partial charge in [-0.3, -0.25) is 9.59 Å². The number of amides is 2. The monoisotopic (exact) mass is 614 g/mol. The van der Waals surface area contributed by atoms with Crippen molar-refractivity contribution in [3.05, 3.63) is 113 Å². The molecule has 0 bridgehead atoms. The number of para-hydroxylation sites is 1. The molecule has 13 heteroatoms. The Morgan fingerprint density at radius 3 is 2.52 bits per heavy atom. The lowest BCUT2D eigenvalue weighted by Gasteiger charge is -2.14. The van der Waals surface area contributed by atoms with Crippen molar-refractivity contribution in [1.29, 1.82) is 0 Å². The highest BCUT2D eigenvalue weighted by Gasteiger charge is 2.32. The number of benzene rings is 3. The molecule has 1 atom stereocenters. The minimum absolute atomic E-state index is 0.0587. The average molecular weight is 615 g/mol. The van der Waals surface area contributed by atoms with Gasteiger partial charge in [-0.05, 0) is 36.8 Å². The summed E-state index contributed by atoms with van der Waals surface area (Å²) in [4.78, 5) is 35.9. The second-order valence-electron chi connectivity index (χ2n) is 10.0. The molecule has 1 aliphatic heterocycles. The molecule has 1 unspecified atom stereocenters. The fourth-order valence-electron chi connectivity index (χ4n) is 4.89. The van der Waals surface area contributed by atoms with Crippen molar-refractivity contribution < 1.29 is 26.8 Å². The van der Waals surface area contributed by atoms with Crippen molar-refractivity contribution >= 4 is 38.7 Å². The van der Waals surface area contributed by atoms with Crippen LogP contribution in [-0.4, -0.2) is 52.5 Å². The maximum Gasteiger partial charge on any atom is 0.269 e. The highest BCUT2D eigenvalue weighted by molar-refractivity contribution is 7.91. The molecule has 5 aromatic rings. The number of rotatable bonds is 6. The first-order valence-corrected chi connectivity index (χ1v) is 15.1. The summed E-state index contributed by atoms with van der Waals surface area (Å²) in [5.74, 6) is -3.49. The molecule has 3 heterocycles. The van der Waals surface area contributed by atoms with E-state index in [1.807, 2.05) is 0 Å². The van der Waals surface area contributed by atoms with Gasteiger partial charge >= 0.3 is 0 Å². The SMILES string of the molecule is CCS(=O)(=O)c1ccc(-c2nn3cc(C)cnc3c2C(=O)NC2N=C(c3ccccc3)c3cccc(F)c3NC2=O)c(F)c1. The van der Waals surface area contributed by atoms with E-state index in [1.54, 1.807) is 49.5 Å². The van der Waals surface area contributed by atoms with Gasteiger partial charge in [0.1, 0.15) is 22.9 Å². The Kier molecular flexibility index (Phi) is 7.25. The number of aryl methyl sites for hydroxylation is 1. The Morgan fingerprint density at radius 1 is 1.02 bits per heavy atom. The number of anilines is 1. The molecular formula is C31H24F2N6O4S. The van der Waals surface area contributed by atoms with Gasteiger partial charge in [0, 0.05) is 29.1 Å². The molecule has 2 amide bonds. The first kappa shape index (κ1) is 28.8. The van der Waals surface area contributed by atoms with E-state index < -0.39 is 39.5 Å². The number of hydrogen-bond acceptors (Lipinski definition) is 7. The van der Waals surface area contributed by atoms with Gasteiger partial charge in [-0.1, -0.05) is 49.4 Å². The zero-order valence-corrected chi connectivity index (χ0v) is 24.2. The van der Waals surface area contributed by atoms with Crippen LogP contribution in [0.5, 0.6) is 0 Å². The van der Waals surface area contributed by atoms with Crippen LogP contribution in [0, 0.1) is 18.6 Å². The summed E-state index contributed by atoms with van der Waals surface area (Å²) in [6.07, 6.45) is 1.55. The fourth-order valence-corrected chi connectivity index (χ4v) is 5.78. The largest absolute Gasteiger partial charge is 0.322 e. The van der Waals surface area contributed by atoms with Crippen LogP contribution >= 0.6 is 0 Å². The van der Waals surface area contributed by atoms with E-state index >= 15 is 4.39 Å². The van der Waals surface area contributed by atoms with Crippen molar-refractivity contribution in [3.8, 4) is 11.3 Å². The fraction of sp³-hybridized carbons (Fsp3) is 0.129. The lowest BCUT2D eigenvalue weighted by atomic mass is 10.0. The zero-order valence-electron chi connectivity index (χ0n) is 23.4. The molecular weight excluding hydrogens is 590 g/mol. The minimum atomic E-state index is -3.70. The number of fused-ring (bicyclic) bond motifs is 2. The highest BCUT2D eigenvalue weighted by atomic mass is 32.2. The average Bonchev–Trinajstić information content (AvgIpc) is 3.31. The van der Waals surface area contributed by atoms with Crippen molar-refractivity contribution in [2.75, 3.05) is 11.1 Å². The predicted molar refractivity (Wildman–Crippen MR) is 159 cm³/mol. The Balaban J connectivity index is 1.46. The maximum absolute atomic E-state index is 15.5. The van der Waals surface area contributed by atoms with Crippen molar-refractivity contribution in [1.82, 2.24) is 19.9 Å². The van der Waals surface area contributed by atoms with E-state index in [0.29, 0.717) is 16.7 Å². The normalized spacial score (nSPS) is 14.9. The summed E-state index contributed by atoms with van der Waals surface area (Å²) < 4.78 is 56.3. The van der Waals surface area contributed by atoms with E-state index in [1.165, 1.54) is 41.9 Å². The third kappa shape index (κ3) is 5.11. The molecule has 3 aromatic carbocycles. The van der Waals surface area contributed by atoms with E-state index in [2.05, 4.69) is 25.7 Å². The van der Waals surface area contributed by atoms with E-state index in [9.17, 15) is 22.4 Å². The lowest BCUT2D eigenvalue weighted by Crippen LogP contribution is -2.42. The van der Waals surface area contributed by atoms with Crippen LogP contribution in [0.2, 0.25) is 0 Å². The predicted octanol–water partition coefficient (Wildman–Crippen LogP) is 4.32. The molecule has 6 rings (SSSR count). The quantitative estimate of drug-likeness (QED) is 0.293. The van der Waals surface area contributed by atoms with Crippen LogP contribution in [0.3, 0.4) is 0 Å². The Labute approximate surface area is 250 Å². The number of carbonyl (C=O) groups is 2. The smallest absolute Gasteiger partial charge is 0.269 e. The van der Waals surface area contributed by atoms with Gasteiger partial charge in [-0.2, -0.15) is 5.10 Å². The Morgan fingerprint density at radius 2 is 1.80 bits per heavy atom. The summed E-state index contributed by atoms with van der Waals surface area (Å²) in [6, 6.07) is 16.4. The number of aliphatic imine (C=N–C) groups is 1. The topological polar surface area (TPSA) is 135 Å². The van der Waals surface area contributed by atoms with Crippen molar-refractivity contribution in [3.63, 3.8) is 0 Å². The Bertz CT molecular complexity index is 2110. The summed E-state index contributed by atoms with van der Waals surface area (Å²) in [5, 5.41) is 9.49. The van der Waals surface area contributed by atoms with E-state index in [0.717, 1.165) is 6.07 Å². The van der Waals surface area contributed by atoms with Gasteiger partial charge in [0.15, 0.2) is 15.5 Å². The van der Waals surface area contributed by atoms with Crippen LogP contribution in [0.1, 0.15) is 34.0 Å². The molecule has 0 radical (unpaired) electrons. The summed E-state index contributed by atoms with van der Waals surface area (Å²) in [6.45, 7) is 3.20. The van der Waals surface area contributed by atoms with Gasteiger partial charge in [-0.15, -0.1) is 0 Å². The molecule has 0 saturated carbocycles. The van der Waals surface area contributed by atoms with Crippen LogP contribution in [0.4, 0.5) is 14.5 Å². The van der Waals surface area contributed by atoms with Gasteiger partial charge < -0.3 is 10.6 Å². The third-order valence-electron chi connectivity index (χ3n) is 7.10. The van der Waals surface area contributed by atoms with E-state index in [-0.39, 0.29) is 44.5 Å². The number of halogens is 2. The van der Waals surface area contributed by atoms with Gasteiger partial charge in [-0.25, -0.2) is 31.7 Å². The number of aromatic nitrogens is 3. The van der Waals surface area contributed by atoms with Crippen molar-refractivity contribution in [2.24, 2.45) is 4.99 Å². The number of nitrogens with one attached hydrogen (secondary N) is 2. The summed E-state index contributed by atoms with van der Waals surface area (Å²) >= 11 is 0. The van der Waals surface area contributed by atoms with E-state index in [4.69, 9.17) is 0 Å². The van der Waals surface area contributed by atoms with Crippen molar-refractivity contribution in [2.45, 2.75) is 24.9 Å². The third-order valence-corrected chi connectivity index (χ3v) is 8.83. The van der Waals surface area contributed by atoms with Crippen LogP contribution in [0.25, 0.3) is 16.9 Å². The molecule has 0 fully saturated rings. The highest BCUT2D eigenvalue weighted by Crippen LogP contribution is 2.31. The summed E-state index contributed by atoms with van der Waals surface area (Å²) in [7, 11) is -3.70. The molecule has 222 valence electrons. The van der Waals surface area contributed by atoms with Gasteiger partial charge in [0.25, 0.3) is 11.8 Å². The van der Waals surface area contributed by atoms with Crippen LogP contribution in [-0.2, 0) is 14.6 Å². The number of carbonyl (C=O) groups excluding carboxylic acids is 2. The van der Waals surface area contributed by atoms with Crippen LogP contribution < -0.4 is 10.6 Å². The molecule has 2 aromatic heterocycles. The molecule has 1 aliphatic rings. The first-order valence-electron chi connectivity index (χ1n) is 13.5. The Hall–Kier alpha value is -5.30. The second-order valence-corrected chi connectivity index (χ2v) is 12.3. The van der Waals surface area contributed by atoms with Gasteiger partial charge in [0.05, 0.1) is 22.0 Å². The number of nitrogens with zero attached hydrogens (tertiary/aromatic N) is 4. The molecule has 44 heavy (non-hydrogen) atoms. The molecule has 0 saturated heterocycles. The molecule has 0 spiro atoms. The van der Waals surface area contributed by atoms with Crippen LogP contribution in [0.15, 0.2) is 89.0 Å². The molecule has 0 aliphatic carbocycles. The number of benzodiazepines with no additional fused rings is 1. The molecule has 10 nitrogen and oxygen atoms in total. The first-order chi connectivity index (χ1) is 21.1. The number of hydrogen-bond donors (Lipinski definition) is 2. The standard InChI is InChI=1S/C31H24F2N6O4S/c1-3-44(42,43)19-12-13-20(23(33)14-19)27-24(29-34-15-17(2)16-39(29)38-27)30(40)37-28-31(41)36-26-21(10-7-11-22(26)32)25(35-28)18-8-5-4-6-9-18/h4-16,28H,3H2,1-2H3,(H,36,41)(H,37,40). The number of sulfone groups is 1. The summed E-state index contributed by atoms with van der Waals surface area (Å²) in [5.41, 5.74) is 1.37. The van der Waals surface area contributed by atoms with Gasteiger partial charge in [0.2, 0.25) is 6.17 Å². The maximum atomic E-state index is 15.5. The zero-order chi connectivity index (χ0) is 31.2. The minimum Gasteiger partial charge on any atom is -0.322 e. The second kappa shape index (κ2) is 11.1.